The van der Waals surface area contributed by atoms with Crippen LogP contribution in [-0.4, -0.2) is 73.1 Å². The number of morpholine rings is 1. The molecule has 0 bridgehead atoms. The number of hydrogen-bond donors (Lipinski definition) is 0. The molecule has 8 nitrogen and oxygen atoms in total. The van der Waals surface area contributed by atoms with Crippen LogP contribution in [0.2, 0.25) is 0 Å². The molecule has 1 amide bonds. The summed E-state index contributed by atoms with van der Waals surface area (Å²) in [4.78, 5) is 22.6. The van der Waals surface area contributed by atoms with Gasteiger partial charge in [-0.1, -0.05) is 50.2 Å². The number of carbonyl (C=O) groups is 1. The maximum atomic E-state index is 13.4. The molecule has 36 heavy (non-hydrogen) atoms. The second-order valence-corrected chi connectivity index (χ2v) is 12.3. The molecule has 0 aliphatic carbocycles. The number of amides is 1. The highest BCUT2D eigenvalue weighted by atomic mass is 32.2. The predicted molar refractivity (Wildman–Crippen MR) is 141 cm³/mol. The molecule has 1 aromatic carbocycles. The Morgan fingerprint density at radius 3 is 2.56 bits per heavy atom. The number of thiophene rings is 1. The number of rotatable bonds is 11. The third-order valence-electron chi connectivity index (χ3n) is 6.09. The molecule has 0 radical (unpaired) electrons. The van der Waals surface area contributed by atoms with Gasteiger partial charge in [0.2, 0.25) is 15.0 Å². The number of hydrogen-bond acceptors (Lipinski definition) is 7. The number of sulfone groups is 1. The third kappa shape index (κ3) is 6.82. The van der Waals surface area contributed by atoms with Crippen LogP contribution in [0.1, 0.15) is 34.8 Å². The molecule has 0 unspecified atom stereocenters. The van der Waals surface area contributed by atoms with Gasteiger partial charge in [-0.3, -0.25) is 9.69 Å². The van der Waals surface area contributed by atoms with E-state index in [9.17, 15) is 13.2 Å². The van der Waals surface area contributed by atoms with Crippen molar-refractivity contribution in [1.29, 1.82) is 0 Å². The van der Waals surface area contributed by atoms with Crippen molar-refractivity contribution in [3.05, 3.63) is 70.2 Å². The summed E-state index contributed by atoms with van der Waals surface area (Å²) in [5.74, 6) is 0.0414. The Morgan fingerprint density at radius 1 is 1.14 bits per heavy atom. The average Bonchev–Trinajstić information content (AvgIpc) is 3.53. The normalized spacial score (nSPS) is 14.9. The molecule has 194 valence electrons. The van der Waals surface area contributed by atoms with Crippen LogP contribution < -0.4 is 0 Å². The Balaban J connectivity index is 1.60. The quantitative estimate of drug-likeness (QED) is 0.377. The van der Waals surface area contributed by atoms with E-state index in [-0.39, 0.29) is 22.7 Å². The van der Waals surface area contributed by atoms with E-state index in [1.165, 1.54) is 11.3 Å². The molecule has 1 aliphatic rings. The van der Waals surface area contributed by atoms with Gasteiger partial charge in [0.1, 0.15) is 0 Å². The number of carbonyl (C=O) groups excluding carboxylic acids is 1. The van der Waals surface area contributed by atoms with Crippen molar-refractivity contribution in [3.63, 3.8) is 0 Å². The highest BCUT2D eigenvalue weighted by molar-refractivity contribution is 7.90. The van der Waals surface area contributed by atoms with E-state index in [1.807, 2.05) is 54.5 Å². The lowest BCUT2D eigenvalue weighted by Gasteiger charge is -2.30. The van der Waals surface area contributed by atoms with Crippen molar-refractivity contribution < 1.29 is 17.9 Å². The van der Waals surface area contributed by atoms with Gasteiger partial charge in [0.25, 0.3) is 5.91 Å². The summed E-state index contributed by atoms with van der Waals surface area (Å²) in [6.07, 6.45) is 1.61. The monoisotopic (exact) mass is 530 g/mol. The van der Waals surface area contributed by atoms with E-state index >= 15 is 0 Å². The molecule has 0 saturated carbocycles. The molecule has 1 fully saturated rings. The molecule has 2 aromatic heterocycles. The fourth-order valence-electron chi connectivity index (χ4n) is 4.28. The van der Waals surface area contributed by atoms with Crippen molar-refractivity contribution in [2.75, 3.05) is 39.4 Å². The number of benzene rings is 1. The predicted octanol–water partition coefficient (Wildman–Crippen LogP) is 3.55. The van der Waals surface area contributed by atoms with Crippen LogP contribution >= 0.6 is 11.3 Å². The van der Waals surface area contributed by atoms with Gasteiger partial charge >= 0.3 is 0 Å². The highest BCUT2D eigenvalue weighted by Gasteiger charge is 2.27. The van der Waals surface area contributed by atoms with Gasteiger partial charge in [0.15, 0.2) is 0 Å². The van der Waals surface area contributed by atoms with E-state index in [0.717, 1.165) is 30.9 Å². The minimum atomic E-state index is -3.67. The van der Waals surface area contributed by atoms with E-state index in [0.29, 0.717) is 37.7 Å². The van der Waals surface area contributed by atoms with Gasteiger partial charge < -0.3 is 14.2 Å². The largest absolute Gasteiger partial charge is 0.379 e. The fourth-order valence-corrected chi connectivity index (χ4v) is 6.47. The first kappa shape index (κ1) is 26.5. The molecule has 3 aromatic rings. The van der Waals surface area contributed by atoms with Crippen molar-refractivity contribution >= 4 is 27.1 Å². The van der Waals surface area contributed by atoms with Crippen LogP contribution in [0.4, 0.5) is 0 Å². The summed E-state index contributed by atoms with van der Waals surface area (Å²) in [6, 6.07) is 12.8. The maximum Gasteiger partial charge on any atom is 0.264 e. The summed E-state index contributed by atoms with van der Waals surface area (Å²) in [6.45, 7) is 9.24. The minimum absolute atomic E-state index is 0.0516. The van der Waals surface area contributed by atoms with Crippen LogP contribution in [0.3, 0.4) is 0 Å². The second kappa shape index (κ2) is 12.1. The lowest BCUT2D eigenvalue weighted by Crippen LogP contribution is -2.43. The molecule has 3 heterocycles. The van der Waals surface area contributed by atoms with Crippen molar-refractivity contribution in [3.8, 4) is 0 Å². The molecule has 0 N–H and O–H groups in total. The first-order valence-corrected chi connectivity index (χ1v) is 14.8. The highest BCUT2D eigenvalue weighted by Crippen LogP contribution is 2.22. The third-order valence-corrected chi connectivity index (χ3v) is 8.54. The Kier molecular flexibility index (Phi) is 8.95. The van der Waals surface area contributed by atoms with Crippen LogP contribution in [-0.2, 0) is 33.4 Å². The molecule has 1 aliphatic heterocycles. The van der Waals surface area contributed by atoms with Crippen molar-refractivity contribution in [1.82, 2.24) is 19.4 Å². The van der Waals surface area contributed by atoms with Crippen LogP contribution in [0.5, 0.6) is 0 Å². The van der Waals surface area contributed by atoms with Crippen molar-refractivity contribution in [2.45, 2.75) is 37.8 Å². The minimum Gasteiger partial charge on any atom is -0.379 e. The summed E-state index contributed by atoms with van der Waals surface area (Å²) < 4.78 is 34.0. The van der Waals surface area contributed by atoms with Gasteiger partial charge in [-0.15, -0.1) is 11.3 Å². The SMILES string of the molecule is CC(C)Cn1c(CN(CCN2CCOCC2)C(=O)c2cccs2)cnc1S(=O)(=O)Cc1ccccc1. The second-order valence-electron chi connectivity index (χ2n) is 9.44. The van der Waals surface area contributed by atoms with Gasteiger partial charge in [-0.25, -0.2) is 13.4 Å². The topological polar surface area (TPSA) is 84.7 Å². The van der Waals surface area contributed by atoms with E-state index < -0.39 is 9.84 Å². The molecular formula is C26H34N4O4S2. The molecule has 0 atom stereocenters. The number of aromatic nitrogens is 2. The van der Waals surface area contributed by atoms with Gasteiger partial charge in [0, 0.05) is 32.7 Å². The zero-order chi connectivity index (χ0) is 25.5. The Bertz CT molecular complexity index is 1220. The first-order valence-electron chi connectivity index (χ1n) is 12.3. The first-order chi connectivity index (χ1) is 17.3. The lowest BCUT2D eigenvalue weighted by atomic mass is 10.2. The molecule has 4 rings (SSSR count). The fraction of sp³-hybridized carbons (Fsp3) is 0.462. The molecule has 1 saturated heterocycles. The number of imidazole rings is 1. The van der Waals surface area contributed by atoms with Gasteiger partial charge in [-0.2, -0.15) is 0 Å². The summed E-state index contributed by atoms with van der Waals surface area (Å²) in [5, 5.41) is 1.96. The van der Waals surface area contributed by atoms with Crippen LogP contribution in [0, 0.1) is 5.92 Å². The summed E-state index contributed by atoms with van der Waals surface area (Å²) in [5.41, 5.74) is 1.44. The average molecular weight is 531 g/mol. The maximum absolute atomic E-state index is 13.4. The molecule has 0 spiro atoms. The standard InChI is InChI=1S/C26H34N4O4S2/c1-21(2)18-30-23(17-27-26(30)36(32,33)20-22-7-4-3-5-8-22)19-29(25(31)24-9-6-16-35-24)11-10-28-12-14-34-15-13-28/h3-9,16-17,21H,10-15,18-20H2,1-2H3. The Hall–Kier alpha value is -2.53. The van der Waals surface area contributed by atoms with Crippen LogP contribution in [0.15, 0.2) is 59.2 Å². The molecular weight excluding hydrogens is 496 g/mol. The molecule has 10 heteroatoms. The van der Waals surface area contributed by atoms with E-state index in [1.54, 1.807) is 22.9 Å². The number of nitrogens with zero attached hydrogens (tertiary/aromatic N) is 4. The zero-order valence-electron chi connectivity index (χ0n) is 20.9. The Labute approximate surface area is 217 Å². The Morgan fingerprint density at radius 2 is 1.89 bits per heavy atom. The van der Waals surface area contributed by atoms with Crippen molar-refractivity contribution in [2.24, 2.45) is 5.92 Å². The lowest BCUT2D eigenvalue weighted by molar-refractivity contribution is 0.0319. The van der Waals surface area contributed by atoms with Crippen LogP contribution in [0.25, 0.3) is 0 Å². The van der Waals surface area contributed by atoms with E-state index in [4.69, 9.17) is 4.74 Å². The summed E-state index contributed by atoms with van der Waals surface area (Å²) >= 11 is 1.41. The summed E-state index contributed by atoms with van der Waals surface area (Å²) in [7, 11) is -3.67. The van der Waals surface area contributed by atoms with E-state index in [2.05, 4.69) is 9.88 Å². The van der Waals surface area contributed by atoms with Gasteiger partial charge in [0.05, 0.1) is 42.3 Å². The van der Waals surface area contributed by atoms with Gasteiger partial charge in [-0.05, 0) is 22.9 Å². The smallest absolute Gasteiger partial charge is 0.264 e. The number of ether oxygens (including phenoxy) is 1. The zero-order valence-corrected chi connectivity index (χ0v) is 22.5.